The average molecular weight is 343 g/mol. The van der Waals surface area contributed by atoms with Gasteiger partial charge >= 0.3 is 0 Å². The summed E-state index contributed by atoms with van der Waals surface area (Å²) in [5.41, 5.74) is 3.40. The number of rotatable bonds is 5. The summed E-state index contributed by atoms with van der Waals surface area (Å²) in [6.07, 6.45) is 0. The molecule has 1 heterocycles. The Kier molecular flexibility index (Phi) is 7.33. The Labute approximate surface area is 146 Å². The predicted molar refractivity (Wildman–Crippen MR) is 97.8 cm³/mol. The average Bonchev–Trinajstić information content (AvgIpc) is 2.48. The van der Waals surface area contributed by atoms with Crippen molar-refractivity contribution in [1.82, 2.24) is 10.2 Å². The fourth-order valence-electron chi connectivity index (χ4n) is 3.65. The van der Waals surface area contributed by atoms with Crippen molar-refractivity contribution in [2.45, 2.75) is 33.7 Å². The van der Waals surface area contributed by atoms with Gasteiger partial charge in [0.1, 0.15) is 5.75 Å². The fraction of sp³-hybridized carbons (Fsp3) is 0.667. The van der Waals surface area contributed by atoms with Gasteiger partial charge in [-0.05, 0) is 30.5 Å². The molecule has 0 saturated carbocycles. The number of benzene rings is 1. The predicted octanol–water partition coefficient (Wildman–Crippen LogP) is 2.70. The molecular weight excluding hydrogens is 312 g/mol. The monoisotopic (exact) mass is 342 g/mol. The zero-order valence-electron chi connectivity index (χ0n) is 15.0. The Morgan fingerprint density at radius 2 is 1.74 bits per heavy atom. The van der Waals surface area contributed by atoms with E-state index in [4.69, 9.17) is 4.74 Å². The van der Waals surface area contributed by atoms with Gasteiger partial charge in [-0.3, -0.25) is 4.90 Å². The van der Waals surface area contributed by atoms with Crippen LogP contribution in [0.1, 0.15) is 36.6 Å². The maximum Gasteiger partial charge on any atom is 0.124 e. The molecular formula is C18H31ClN2O2. The summed E-state index contributed by atoms with van der Waals surface area (Å²) < 4.78 is 5.49. The molecule has 2 rings (SSSR count). The van der Waals surface area contributed by atoms with Gasteiger partial charge in [0.05, 0.1) is 7.11 Å². The highest BCUT2D eigenvalue weighted by Gasteiger charge is 2.36. The maximum atomic E-state index is 9.93. The minimum atomic E-state index is -0.190. The van der Waals surface area contributed by atoms with Crippen LogP contribution in [-0.2, 0) is 0 Å². The summed E-state index contributed by atoms with van der Waals surface area (Å²) >= 11 is 0. The fourth-order valence-corrected chi connectivity index (χ4v) is 3.65. The highest BCUT2D eigenvalue weighted by molar-refractivity contribution is 5.85. The molecule has 2 N–H and O–H groups in total. The van der Waals surface area contributed by atoms with E-state index >= 15 is 0 Å². The maximum absolute atomic E-state index is 9.93. The van der Waals surface area contributed by atoms with Crippen LogP contribution in [-0.4, -0.2) is 49.9 Å². The molecule has 4 nitrogen and oxygen atoms in total. The van der Waals surface area contributed by atoms with E-state index in [0.29, 0.717) is 0 Å². The van der Waals surface area contributed by atoms with Crippen molar-refractivity contribution in [3.8, 4) is 5.75 Å². The van der Waals surface area contributed by atoms with Crippen LogP contribution in [0.5, 0.6) is 5.75 Å². The number of nitrogens with one attached hydrogen (secondary N) is 1. The van der Waals surface area contributed by atoms with E-state index in [9.17, 15) is 5.11 Å². The lowest BCUT2D eigenvalue weighted by atomic mass is 9.79. The van der Waals surface area contributed by atoms with Crippen molar-refractivity contribution in [1.29, 1.82) is 0 Å². The molecule has 1 aliphatic heterocycles. The van der Waals surface area contributed by atoms with Gasteiger partial charge in [0.15, 0.2) is 0 Å². The Morgan fingerprint density at radius 1 is 1.22 bits per heavy atom. The van der Waals surface area contributed by atoms with Crippen LogP contribution in [0.2, 0.25) is 0 Å². The van der Waals surface area contributed by atoms with Crippen LogP contribution in [0, 0.1) is 19.3 Å². The number of nitrogens with zero attached hydrogens (tertiary/aromatic N) is 1. The Balaban J connectivity index is 0.00000264. The van der Waals surface area contributed by atoms with Gasteiger partial charge in [-0.1, -0.05) is 26.0 Å². The summed E-state index contributed by atoms with van der Waals surface area (Å²) in [6.45, 7) is 12.7. The van der Waals surface area contributed by atoms with Gasteiger partial charge in [-0.15, -0.1) is 12.4 Å². The molecule has 0 aromatic heterocycles. The number of aryl methyl sites for hydroxylation is 2. The Hall–Kier alpha value is -0.810. The highest BCUT2D eigenvalue weighted by atomic mass is 35.5. The van der Waals surface area contributed by atoms with E-state index in [-0.39, 0.29) is 30.5 Å². The van der Waals surface area contributed by atoms with E-state index in [0.717, 1.165) is 43.1 Å². The first-order valence-electron chi connectivity index (χ1n) is 8.11. The standard InChI is InChI=1S/C18H30N2O2.ClH/c1-13-10-15(11-14(2)16(13)22-5)17(18(3,4)12-21)20-8-6-19-7-9-20;/h10-11,17,19,21H,6-9,12H2,1-5H3;1H/t17-;/m0./s1. The van der Waals surface area contributed by atoms with Crippen LogP contribution in [0.4, 0.5) is 0 Å². The highest BCUT2D eigenvalue weighted by Crippen LogP contribution is 2.40. The molecule has 0 unspecified atom stereocenters. The molecule has 0 radical (unpaired) electrons. The van der Waals surface area contributed by atoms with Crippen LogP contribution in [0.15, 0.2) is 12.1 Å². The molecule has 1 aromatic carbocycles. The van der Waals surface area contributed by atoms with E-state index < -0.39 is 0 Å². The van der Waals surface area contributed by atoms with Gasteiger partial charge in [-0.2, -0.15) is 0 Å². The first kappa shape index (κ1) is 20.2. The van der Waals surface area contributed by atoms with E-state index in [1.54, 1.807) is 7.11 Å². The lowest BCUT2D eigenvalue weighted by Crippen LogP contribution is -2.49. The van der Waals surface area contributed by atoms with Crippen LogP contribution in [0.3, 0.4) is 0 Å². The summed E-state index contributed by atoms with van der Waals surface area (Å²) in [7, 11) is 1.72. The summed E-state index contributed by atoms with van der Waals surface area (Å²) in [6, 6.07) is 4.65. The van der Waals surface area contributed by atoms with Crippen molar-refractivity contribution in [3.63, 3.8) is 0 Å². The quantitative estimate of drug-likeness (QED) is 0.863. The number of hydrogen-bond donors (Lipinski definition) is 2. The zero-order valence-corrected chi connectivity index (χ0v) is 15.8. The molecule has 0 aliphatic carbocycles. The van der Waals surface area contributed by atoms with Gasteiger partial charge < -0.3 is 15.2 Å². The molecule has 1 atom stereocenters. The summed E-state index contributed by atoms with van der Waals surface area (Å²) in [4.78, 5) is 2.49. The molecule has 0 spiro atoms. The van der Waals surface area contributed by atoms with Gasteiger partial charge in [0.2, 0.25) is 0 Å². The second kappa shape index (κ2) is 8.34. The minimum absolute atomic E-state index is 0. The third-order valence-electron chi connectivity index (χ3n) is 4.67. The van der Waals surface area contributed by atoms with E-state index in [1.807, 2.05) is 0 Å². The SMILES string of the molecule is COc1c(C)cc([C@H](N2CCNCC2)C(C)(C)CO)cc1C.Cl. The second-order valence-corrected chi connectivity index (χ2v) is 7.02. The molecule has 1 fully saturated rings. The molecule has 1 aliphatic rings. The first-order valence-corrected chi connectivity index (χ1v) is 8.11. The molecule has 0 amide bonds. The smallest absolute Gasteiger partial charge is 0.124 e. The molecule has 23 heavy (non-hydrogen) atoms. The van der Waals surface area contributed by atoms with Crippen molar-refractivity contribution in [2.24, 2.45) is 5.41 Å². The molecule has 1 aromatic rings. The minimum Gasteiger partial charge on any atom is -0.496 e. The van der Waals surface area contributed by atoms with Gasteiger partial charge in [0, 0.05) is 44.2 Å². The van der Waals surface area contributed by atoms with Crippen LogP contribution >= 0.6 is 12.4 Å². The molecule has 5 heteroatoms. The van der Waals surface area contributed by atoms with E-state index in [1.165, 1.54) is 5.56 Å². The van der Waals surface area contributed by atoms with Crippen molar-refractivity contribution >= 4 is 12.4 Å². The number of methoxy groups -OCH3 is 1. The first-order chi connectivity index (χ1) is 10.4. The third-order valence-corrected chi connectivity index (χ3v) is 4.67. The van der Waals surface area contributed by atoms with E-state index in [2.05, 4.69) is 50.0 Å². The zero-order chi connectivity index (χ0) is 16.3. The van der Waals surface area contributed by atoms with Gasteiger partial charge in [-0.25, -0.2) is 0 Å². The lowest BCUT2D eigenvalue weighted by Gasteiger charge is -2.43. The molecule has 132 valence electrons. The number of halogens is 1. The largest absolute Gasteiger partial charge is 0.496 e. The molecule has 1 saturated heterocycles. The summed E-state index contributed by atoms with van der Waals surface area (Å²) in [5.74, 6) is 0.963. The topological polar surface area (TPSA) is 44.7 Å². The third kappa shape index (κ3) is 4.38. The number of hydrogen-bond acceptors (Lipinski definition) is 4. The van der Waals surface area contributed by atoms with Crippen LogP contribution < -0.4 is 10.1 Å². The second-order valence-electron chi connectivity index (χ2n) is 7.02. The normalized spacial score (nSPS) is 17.5. The molecule has 0 bridgehead atoms. The number of piperazine rings is 1. The van der Waals surface area contributed by atoms with Gasteiger partial charge in [0.25, 0.3) is 0 Å². The number of aliphatic hydroxyl groups is 1. The lowest BCUT2D eigenvalue weighted by molar-refractivity contribution is 0.0304. The van der Waals surface area contributed by atoms with Crippen molar-refractivity contribution in [2.75, 3.05) is 39.9 Å². The Morgan fingerprint density at radius 3 is 2.17 bits per heavy atom. The van der Waals surface area contributed by atoms with Crippen molar-refractivity contribution in [3.05, 3.63) is 28.8 Å². The number of ether oxygens (including phenoxy) is 1. The summed E-state index contributed by atoms with van der Waals surface area (Å²) in [5, 5.41) is 13.3. The Bertz CT molecular complexity index is 491. The van der Waals surface area contributed by atoms with Crippen LogP contribution in [0.25, 0.3) is 0 Å². The van der Waals surface area contributed by atoms with Crippen molar-refractivity contribution < 1.29 is 9.84 Å². The number of aliphatic hydroxyl groups excluding tert-OH is 1.